The first-order valence-corrected chi connectivity index (χ1v) is 6.77. The monoisotopic (exact) mass is 315 g/mol. The molecule has 9 heteroatoms. The number of nitrogens with zero attached hydrogens (tertiary/aromatic N) is 4. The van der Waals surface area contributed by atoms with Gasteiger partial charge < -0.3 is 9.84 Å². The number of rotatable bonds is 3. The lowest BCUT2D eigenvalue weighted by Gasteiger charge is -2.10. The second-order valence-electron chi connectivity index (χ2n) is 3.76. The van der Waals surface area contributed by atoms with Crippen LogP contribution in [-0.2, 0) is 17.9 Å². The quantitative estimate of drug-likeness (QED) is 0.791. The van der Waals surface area contributed by atoms with Gasteiger partial charge in [-0.25, -0.2) is 0 Å². The predicted octanol–water partition coefficient (Wildman–Crippen LogP) is 4.02. The second-order valence-corrected chi connectivity index (χ2v) is 5.10. The molecule has 0 saturated heterocycles. The molecule has 0 saturated carbocycles. The Morgan fingerprint density at radius 1 is 1.26 bits per heavy atom. The minimum atomic E-state index is 0.380. The zero-order chi connectivity index (χ0) is 13.4. The molecule has 0 bridgehead atoms. The highest BCUT2D eigenvalue weighted by Gasteiger charge is 2.18. The lowest BCUT2D eigenvalue weighted by Crippen LogP contribution is -2.02. The van der Waals surface area contributed by atoms with Gasteiger partial charge in [0.1, 0.15) is 11.4 Å². The lowest BCUT2D eigenvalue weighted by atomic mass is 10.2. The topological polar surface area (TPSA) is 75.7 Å². The molecule has 1 aromatic heterocycles. The summed E-state index contributed by atoms with van der Waals surface area (Å²) >= 11 is 13.3. The Balaban J connectivity index is 1.90. The number of anilines is 1. The summed E-state index contributed by atoms with van der Waals surface area (Å²) in [6, 6.07) is 1.64. The molecule has 1 N–H and O–H groups in total. The molecular weight excluding hydrogens is 309 g/mol. The standard InChI is InChI=1S/C10H7Cl2N5OS/c1-4-14-7(15-18-4)3-13-8-5(11)2-6(12)9-10(8)17-19-16-9/h2,13H,3H2,1H3. The summed E-state index contributed by atoms with van der Waals surface area (Å²) in [4.78, 5) is 4.10. The molecule has 0 aliphatic carbocycles. The molecule has 1 aromatic carbocycles. The maximum absolute atomic E-state index is 6.16. The summed E-state index contributed by atoms with van der Waals surface area (Å²) < 4.78 is 13.2. The number of benzene rings is 1. The number of aryl methyl sites for hydroxylation is 1. The minimum absolute atomic E-state index is 0.380. The van der Waals surface area contributed by atoms with E-state index in [1.165, 1.54) is 0 Å². The molecular formula is C10H7Cl2N5OS. The predicted molar refractivity (Wildman–Crippen MR) is 74.4 cm³/mol. The van der Waals surface area contributed by atoms with E-state index in [4.69, 9.17) is 27.7 Å². The maximum atomic E-state index is 6.16. The first-order valence-electron chi connectivity index (χ1n) is 5.28. The van der Waals surface area contributed by atoms with E-state index in [2.05, 4.69) is 24.2 Å². The third-order valence-corrected chi connectivity index (χ3v) is 3.55. The van der Waals surface area contributed by atoms with Gasteiger partial charge in [0.25, 0.3) is 0 Å². The number of aromatic nitrogens is 2. The van der Waals surface area contributed by atoms with Crippen molar-refractivity contribution in [3.8, 4) is 0 Å². The highest BCUT2D eigenvalue weighted by atomic mass is 35.5. The van der Waals surface area contributed by atoms with Crippen LogP contribution in [0.2, 0.25) is 10.0 Å². The van der Waals surface area contributed by atoms with Crippen LogP contribution >= 0.6 is 23.2 Å². The lowest BCUT2D eigenvalue weighted by molar-refractivity contribution is 0.388. The van der Waals surface area contributed by atoms with Crippen LogP contribution < -0.4 is 5.32 Å². The molecule has 1 aliphatic heterocycles. The Kier molecular flexibility index (Phi) is 3.26. The summed E-state index contributed by atoms with van der Waals surface area (Å²) in [7, 11) is 0. The van der Waals surface area contributed by atoms with E-state index < -0.39 is 0 Å². The third-order valence-electron chi connectivity index (χ3n) is 2.44. The fraction of sp³-hybridized carbons (Fsp3) is 0.200. The van der Waals surface area contributed by atoms with Gasteiger partial charge in [-0.3, -0.25) is 0 Å². The molecule has 98 valence electrons. The Morgan fingerprint density at radius 3 is 2.79 bits per heavy atom. The first kappa shape index (κ1) is 12.6. The van der Waals surface area contributed by atoms with E-state index in [-0.39, 0.29) is 0 Å². The van der Waals surface area contributed by atoms with Crippen molar-refractivity contribution in [2.24, 2.45) is 8.73 Å². The van der Waals surface area contributed by atoms with Crippen molar-refractivity contribution in [3.05, 3.63) is 27.8 Å². The molecule has 6 nitrogen and oxygen atoms in total. The van der Waals surface area contributed by atoms with Crippen molar-refractivity contribution >= 4 is 51.6 Å². The zero-order valence-electron chi connectivity index (χ0n) is 9.65. The SMILES string of the molecule is Cc1nc(CNc2c(Cl)cc(Cl)c3c2N=S=N3)no1. The third kappa shape index (κ3) is 2.36. The Labute approximate surface area is 122 Å². The van der Waals surface area contributed by atoms with Crippen LogP contribution in [0.3, 0.4) is 0 Å². The normalized spacial score (nSPS) is 12.4. The van der Waals surface area contributed by atoms with Crippen LogP contribution in [-0.4, -0.2) is 10.1 Å². The van der Waals surface area contributed by atoms with Gasteiger partial charge in [0, 0.05) is 6.92 Å². The molecule has 0 atom stereocenters. The van der Waals surface area contributed by atoms with Crippen molar-refractivity contribution in [2.45, 2.75) is 13.5 Å². The first-order chi connectivity index (χ1) is 9.15. The number of nitrogens with one attached hydrogen (secondary N) is 1. The van der Waals surface area contributed by atoms with Gasteiger partial charge in [-0.2, -0.15) is 13.7 Å². The van der Waals surface area contributed by atoms with Gasteiger partial charge in [0.15, 0.2) is 5.82 Å². The fourth-order valence-corrected chi connectivity index (χ4v) is 2.80. The molecule has 0 fully saturated rings. The molecule has 1 aliphatic rings. The van der Waals surface area contributed by atoms with Crippen molar-refractivity contribution in [1.29, 1.82) is 0 Å². The van der Waals surface area contributed by atoms with E-state index in [0.29, 0.717) is 45.4 Å². The minimum Gasteiger partial charge on any atom is -0.375 e. The summed E-state index contributed by atoms with van der Waals surface area (Å²) in [6.45, 7) is 2.11. The Morgan fingerprint density at radius 2 is 2.05 bits per heavy atom. The van der Waals surface area contributed by atoms with E-state index >= 15 is 0 Å². The van der Waals surface area contributed by atoms with Crippen LogP contribution in [0.15, 0.2) is 19.3 Å². The average Bonchev–Trinajstić information content (AvgIpc) is 2.98. The van der Waals surface area contributed by atoms with E-state index in [0.717, 1.165) is 11.4 Å². The van der Waals surface area contributed by atoms with Crippen LogP contribution in [0.4, 0.5) is 17.1 Å². The molecule has 0 amide bonds. The van der Waals surface area contributed by atoms with Gasteiger partial charge in [0.2, 0.25) is 5.89 Å². The second kappa shape index (κ2) is 4.92. The Hall–Kier alpha value is -1.44. The van der Waals surface area contributed by atoms with Gasteiger partial charge in [0.05, 0.1) is 33.6 Å². The summed E-state index contributed by atoms with van der Waals surface area (Å²) in [5, 5.41) is 7.88. The molecule has 2 heterocycles. The number of fused-ring (bicyclic) bond motifs is 1. The number of hydrogen-bond acceptors (Lipinski definition) is 6. The number of halogens is 2. The molecule has 19 heavy (non-hydrogen) atoms. The average molecular weight is 316 g/mol. The van der Waals surface area contributed by atoms with Gasteiger partial charge >= 0.3 is 0 Å². The highest BCUT2D eigenvalue weighted by molar-refractivity contribution is 7.58. The molecule has 2 aromatic rings. The summed E-state index contributed by atoms with van der Waals surface area (Å²) in [5.74, 6) is 1.05. The zero-order valence-corrected chi connectivity index (χ0v) is 12.0. The summed E-state index contributed by atoms with van der Waals surface area (Å²) in [6.07, 6.45) is 0. The highest BCUT2D eigenvalue weighted by Crippen LogP contribution is 2.47. The van der Waals surface area contributed by atoms with E-state index in [1.54, 1.807) is 13.0 Å². The molecule has 0 radical (unpaired) electrons. The summed E-state index contributed by atoms with van der Waals surface area (Å²) in [5.41, 5.74) is 1.93. The molecule has 0 unspecified atom stereocenters. The van der Waals surface area contributed by atoms with Crippen LogP contribution in [0, 0.1) is 6.92 Å². The fourth-order valence-electron chi connectivity index (χ4n) is 1.62. The van der Waals surface area contributed by atoms with Crippen molar-refractivity contribution in [3.63, 3.8) is 0 Å². The maximum Gasteiger partial charge on any atom is 0.223 e. The van der Waals surface area contributed by atoms with Crippen molar-refractivity contribution in [1.82, 2.24) is 10.1 Å². The smallest absolute Gasteiger partial charge is 0.223 e. The van der Waals surface area contributed by atoms with Crippen LogP contribution in [0.5, 0.6) is 0 Å². The Bertz CT molecular complexity index is 723. The van der Waals surface area contributed by atoms with Gasteiger partial charge in [-0.1, -0.05) is 28.4 Å². The van der Waals surface area contributed by atoms with Crippen molar-refractivity contribution in [2.75, 3.05) is 5.32 Å². The van der Waals surface area contributed by atoms with Crippen LogP contribution in [0.1, 0.15) is 11.7 Å². The van der Waals surface area contributed by atoms with E-state index in [9.17, 15) is 0 Å². The van der Waals surface area contributed by atoms with E-state index in [1.807, 2.05) is 0 Å². The largest absolute Gasteiger partial charge is 0.375 e. The van der Waals surface area contributed by atoms with Crippen molar-refractivity contribution < 1.29 is 4.52 Å². The van der Waals surface area contributed by atoms with Gasteiger partial charge in [-0.05, 0) is 6.07 Å². The number of hydrogen-bond donors (Lipinski definition) is 1. The van der Waals surface area contributed by atoms with Gasteiger partial charge in [-0.15, -0.1) is 0 Å². The molecule has 0 spiro atoms. The van der Waals surface area contributed by atoms with Crippen LogP contribution in [0.25, 0.3) is 0 Å². The molecule has 3 rings (SSSR count).